The van der Waals surface area contributed by atoms with Crippen LogP contribution in [0, 0.1) is 6.92 Å². The van der Waals surface area contributed by atoms with Crippen molar-refractivity contribution < 1.29 is 4.52 Å². The van der Waals surface area contributed by atoms with Crippen LogP contribution < -0.4 is 5.32 Å². The fraction of sp³-hybridized carbons (Fsp3) is 0.238. The first-order valence-corrected chi connectivity index (χ1v) is 10.2. The van der Waals surface area contributed by atoms with Gasteiger partial charge in [-0.05, 0) is 36.6 Å². The van der Waals surface area contributed by atoms with Gasteiger partial charge in [-0.15, -0.1) is 23.7 Å². The van der Waals surface area contributed by atoms with Crippen molar-refractivity contribution in [2.24, 2.45) is 0 Å². The van der Waals surface area contributed by atoms with E-state index in [4.69, 9.17) is 4.52 Å². The molecule has 0 aliphatic carbocycles. The molecular weight excluding hydrogens is 406 g/mol. The van der Waals surface area contributed by atoms with Crippen molar-refractivity contribution in [3.8, 4) is 23.0 Å². The number of thiazole rings is 1. The third kappa shape index (κ3) is 3.94. The van der Waals surface area contributed by atoms with Crippen LogP contribution in [0.5, 0.6) is 0 Å². The van der Waals surface area contributed by atoms with Crippen LogP contribution in [-0.2, 0) is 19.4 Å². The van der Waals surface area contributed by atoms with Gasteiger partial charge in [-0.2, -0.15) is 4.98 Å². The summed E-state index contributed by atoms with van der Waals surface area (Å²) in [5, 5.41) is 10.6. The molecule has 29 heavy (non-hydrogen) atoms. The Morgan fingerprint density at radius 3 is 2.90 bits per heavy atom. The lowest BCUT2D eigenvalue weighted by Crippen LogP contribution is -2.24. The molecule has 0 saturated heterocycles. The first-order chi connectivity index (χ1) is 13.8. The standard InChI is InChI=1S/C21H19N5OS.ClH/c1-13-19(16-7-8-22-10-15(16)11-23-13)20-25-21(27-26-20)17-12-28-18(24-17)9-14-5-3-2-4-6-14;/h2-6,11-12,22H,7-10H2,1H3;1H. The number of halogens is 1. The maximum absolute atomic E-state index is 5.55. The second-order valence-electron chi connectivity index (χ2n) is 6.86. The lowest BCUT2D eigenvalue weighted by Gasteiger charge is -2.19. The van der Waals surface area contributed by atoms with Crippen LogP contribution in [-0.4, -0.2) is 26.7 Å². The number of nitrogens with zero attached hydrogens (tertiary/aromatic N) is 4. The van der Waals surface area contributed by atoms with Gasteiger partial charge in [0.1, 0.15) is 5.69 Å². The van der Waals surface area contributed by atoms with Gasteiger partial charge in [0.05, 0.1) is 5.01 Å². The highest BCUT2D eigenvalue weighted by molar-refractivity contribution is 7.10. The zero-order valence-corrected chi connectivity index (χ0v) is 17.5. The van der Waals surface area contributed by atoms with Gasteiger partial charge < -0.3 is 9.84 Å². The number of aryl methyl sites for hydroxylation is 1. The summed E-state index contributed by atoms with van der Waals surface area (Å²) in [6.45, 7) is 3.77. The van der Waals surface area contributed by atoms with Crippen LogP contribution in [0.3, 0.4) is 0 Å². The molecule has 0 bridgehead atoms. The maximum Gasteiger partial charge on any atom is 0.277 e. The molecule has 0 atom stereocenters. The average Bonchev–Trinajstić information content (AvgIpc) is 3.38. The smallest absolute Gasteiger partial charge is 0.277 e. The molecule has 1 aromatic carbocycles. The predicted molar refractivity (Wildman–Crippen MR) is 115 cm³/mol. The fourth-order valence-electron chi connectivity index (χ4n) is 3.56. The molecule has 0 fully saturated rings. The molecule has 0 radical (unpaired) electrons. The van der Waals surface area contributed by atoms with E-state index >= 15 is 0 Å². The lowest BCUT2D eigenvalue weighted by atomic mass is 9.95. The Balaban J connectivity index is 0.00000205. The van der Waals surface area contributed by atoms with E-state index in [-0.39, 0.29) is 12.4 Å². The number of hydrogen-bond acceptors (Lipinski definition) is 7. The zero-order valence-electron chi connectivity index (χ0n) is 15.9. The molecule has 1 N–H and O–H groups in total. The normalized spacial score (nSPS) is 13.0. The first-order valence-electron chi connectivity index (χ1n) is 9.29. The number of pyridine rings is 1. The monoisotopic (exact) mass is 425 g/mol. The molecule has 4 aromatic rings. The van der Waals surface area contributed by atoms with Gasteiger partial charge in [0.25, 0.3) is 5.89 Å². The van der Waals surface area contributed by atoms with E-state index in [9.17, 15) is 0 Å². The molecule has 8 heteroatoms. The minimum Gasteiger partial charge on any atom is -0.332 e. The largest absolute Gasteiger partial charge is 0.332 e. The quantitative estimate of drug-likeness (QED) is 0.527. The molecule has 1 aliphatic rings. The van der Waals surface area contributed by atoms with Crippen LogP contribution >= 0.6 is 23.7 Å². The summed E-state index contributed by atoms with van der Waals surface area (Å²) in [7, 11) is 0. The number of fused-ring (bicyclic) bond motifs is 1. The topological polar surface area (TPSA) is 76.7 Å². The molecule has 4 heterocycles. The SMILES string of the molecule is Cc1ncc2c(c1-c1noc(-c3csc(Cc4ccccc4)n3)n1)CCNC2.Cl. The zero-order chi connectivity index (χ0) is 18.9. The molecule has 0 spiro atoms. The number of aromatic nitrogens is 4. The lowest BCUT2D eigenvalue weighted by molar-refractivity contribution is 0.431. The molecule has 148 valence electrons. The molecule has 1 aliphatic heterocycles. The number of nitrogens with one attached hydrogen (secondary N) is 1. The summed E-state index contributed by atoms with van der Waals surface area (Å²) in [5.74, 6) is 1.05. The molecule has 6 nitrogen and oxygen atoms in total. The minimum atomic E-state index is 0. The molecular formula is C21H20ClN5OS. The van der Waals surface area contributed by atoms with E-state index in [2.05, 4.69) is 37.6 Å². The van der Waals surface area contributed by atoms with Crippen LogP contribution in [0.25, 0.3) is 23.0 Å². The second-order valence-corrected chi connectivity index (χ2v) is 7.80. The van der Waals surface area contributed by atoms with E-state index in [1.807, 2.05) is 36.7 Å². The highest BCUT2D eigenvalue weighted by Gasteiger charge is 2.22. The Morgan fingerprint density at radius 1 is 1.17 bits per heavy atom. The van der Waals surface area contributed by atoms with E-state index < -0.39 is 0 Å². The van der Waals surface area contributed by atoms with Crippen LogP contribution in [0.4, 0.5) is 0 Å². The van der Waals surface area contributed by atoms with Crippen molar-refractivity contribution in [1.82, 2.24) is 25.4 Å². The Bertz CT molecular complexity index is 1130. The minimum absolute atomic E-state index is 0. The number of benzene rings is 1. The summed E-state index contributed by atoms with van der Waals surface area (Å²) >= 11 is 1.61. The van der Waals surface area contributed by atoms with E-state index in [0.717, 1.165) is 47.9 Å². The van der Waals surface area contributed by atoms with Crippen molar-refractivity contribution in [1.29, 1.82) is 0 Å². The van der Waals surface area contributed by atoms with Gasteiger partial charge >= 0.3 is 0 Å². The maximum atomic E-state index is 5.55. The first kappa shape index (κ1) is 19.7. The van der Waals surface area contributed by atoms with Crippen molar-refractivity contribution >= 4 is 23.7 Å². The Kier molecular flexibility index (Phi) is 5.71. The molecule has 0 unspecified atom stereocenters. The molecule has 0 amide bonds. The highest BCUT2D eigenvalue weighted by Crippen LogP contribution is 2.30. The van der Waals surface area contributed by atoms with Crippen molar-refractivity contribution in [2.75, 3.05) is 6.54 Å². The van der Waals surface area contributed by atoms with Crippen molar-refractivity contribution in [3.63, 3.8) is 0 Å². The third-order valence-corrected chi connectivity index (χ3v) is 5.80. The van der Waals surface area contributed by atoms with Crippen LogP contribution in [0.1, 0.15) is 27.4 Å². The molecule has 3 aromatic heterocycles. The predicted octanol–water partition coefficient (Wildman–Crippen LogP) is 4.22. The Labute approximate surface area is 178 Å². The molecule has 0 saturated carbocycles. The molecule has 5 rings (SSSR count). The van der Waals surface area contributed by atoms with E-state index in [0.29, 0.717) is 11.7 Å². The Morgan fingerprint density at radius 2 is 2.03 bits per heavy atom. The van der Waals surface area contributed by atoms with Gasteiger partial charge in [-0.1, -0.05) is 35.5 Å². The van der Waals surface area contributed by atoms with E-state index in [1.54, 1.807) is 11.3 Å². The fourth-order valence-corrected chi connectivity index (χ4v) is 4.36. The van der Waals surface area contributed by atoms with Gasteiger partial charge in [0.2, 0.25) is 5.82 Å². The van der Waals surface area contributed by atoms with Crippen molar-refractivity contribution in [3.05, 3.63) is 69.3 Å². The van der Waals surface area contributed by atoms with Crippen molar-refractivity contribution in [2.45, 2.75) is 26.3 Å². The highest BCUT2D eigenvalue weighted by atomic mass is 35.5. The summed E-state index contributed by atoms with van der Waals surface area (Å²) in [4.78, 5) is 13.9. The summed E-state index contributed by atoms with van der Waals surface area (Å²) < 4.78 is 5.55. The second kappa shape index (κ2) is 8.41. The average molecular weight is 426 g/mol. The summed E-state index contributed by atoms with van der Waals surface area (Å²) in [6.07, 6.45) is 3.68. The van der Waals surface area contributed by atoms with Gasteiger partial charge in [-0.25, -0.2) is 4.98 Å². The van der Waals surface area contributed by atoms with Gasteiger partial charge in [0, 0.05) is 35.8 Å². The number of hydrogen-bond donors (Lipinski definition) is 1. The Hall–Kier alpha value is -2.61. The summed E-state index contributed by atoms with van der Waals surface area (Å²) in [5.41, 5.74) is 6.36. The summed E-state index contributed by atoms with van der Waals surface area (Å²) in [6, 6.07) is 10.3. The van der Waals surface area contributed by atoms with E-state index in [1.165, 1.54) is 16.7 Å². The third-order valence-electron chi connectivity index (χ3n) is 4.95. The number of rotatable bonds is 4. The van der Waals surface area contributed by atoms with Gasteiger partial charge in [0.15, 0.2) is 0 Å². The van der Waals surface area contributed by atoms with Crippen LogP contribution in [0.2, 0.25) is 0 Å². The van der Waals surface area contributed by atoms with Crippen LogP contribution in [0.15, 0.2) is 46.4 Å². The van der Waals surface area contributed by atoms with Gasteiger partial charge in [-0.3, -0.25) is 4.98 Å².